The number of carbonyl (C=O) groups excluding carboxylic acids is 1. The first-order valence-electron chi connectivity index (χ1n) is 8.04. The van der Waals surface area contributed by atoms with E-state index in [1.54, 1.807) is 17.0 Å². The SMILES string of the molecule is COc1nc(CNC(=O)c2ccc(-n3cccc3)cc2)nc(N(C)C)n1. The standard InChI is InChI=1S/C18H20N6O2/c1-23(2)17-20-15(21-18(22-17)26-3)12-19-16(25)13-6-8-14(9-7-13)24-10-4-5-11-24/h4-11H,12H2,1-3H3,(H,19,25). The number of ether oxygens (including phenoxy) is 1. The Bertz CT molecular complexity index is 875. The summed E-state index contributed by atoms with van der Waals surface area (Å²) in [5, 5.41) is 2.81. The van der Waals surface area contributed by atoms with Crippen LogP contribution in [0.2, 0.25) is 0 Å². The Labute approximate surface area is 151 Å². The maximum absolute atomic E-state index is 12.4. The summed E-state index contributed by atoms with van der Waals surface area (Å²) in [7, 11) is 5.14. The highest BCUT2D eigenvalue weighted by molar-refractivity contribution is 5.94. The molecule has 2 aromatic heterocycles. The van der Waals surface area contributed by atoms with Crippen LogP contribution in [-0.4, -0.2) is 46.6 Å². The number of benzene rings is 1. The molecule has 3 rings (SSSR count). The number of aromatic nitrogens is 4. The van der Waals surface area contributed by atoms with Gasteiger partial charge in [0.25, 0.3) is 5.91 Å². The molecule has 1 N–H and O–H groups in total. The number of amides is 1. The molecule has 0 aliphatic heterocycles. The van der Waals surface area contributed by atoms with Crippen molar-refractivity contribution < 1.29 is 9.53 Å². The van der Waals surface area contributed by atoms with E-state index in [1.165, 1.54) is 7.11 Å². The first-order valence-corrected chi connectivity index (χ1v) is 8.04. The van der Waals surface area contributed by atoms with E-state index in [1.807, 2.05) is 55.3 Å². The Kier molecular flexibility index (Phi) is 5.12. The zero-order valence-electron chi connectivity index (χ0n) is 14.9. The van der Waals surface area contributed by atoms with E-state index in [4.69, 9.17) is 4.74 Å². The molecule has 0 spiro atoms. The van der Waals surface area contributed by atoms with Crippen LogP contribution < -0.4 is 15.0 Å². The van der Waals surface area contributed by atoms with Gasteiger partial charge in [-0.15, -0.1) is 0 Å². The molecule has 0 radical (unpaired) electrons. The highest BCUT2D eigenvalue weighted by atomic mass is 16.5. The second-order valence-electron chi connectivity index (χ2n) is 5.75. The Morgan fingerprint density at radius 1 is 1.12 bits per heavy atom. The van der Waals surface area contributed by atoms with Crippen molar-refractivity contribution in [2.45, 2.75) is 6.54 Å². The summed E-state index contributed by atoms with van der Waals surface area (Å²) < 4.78 is 7.06. The third-order valence-corrected chi connectivity index (χ3v) is 3.67. The van der Waals surface area contributed by atoms with E-state index < -0.39 is 0 Å². The Hall–Kier alpha value is -3.42. The molecule has 0 unspecified atom stereocenters. The molecule has 1 aromatic carbocycles. The summed E-state index contributed by atoms with van der Waals surface area (Å²) in [6, 6.07) is 11.5. The largest absolute Gasteiger partial charge is 0.467 e. The summed E-state index contributed by atoms with van der Waals surface area (Å²) in [6.07, 6.45) is 3.90. The van der Waals surface area contributed by atoms with E-state index in [9.17, 15) is 4.79 Å². The van der Waals surface area contributed by atoms with Gasteiger partial charge in [0.15, 0.2) is 5.82 Å². The van der Waals surface area contributed by atoms with Crippen LogP contribution in [-0.2, 0) is 6.54 Å². The van der Waals surface area contributed by atoms with Crippen LogP contribution in [0.25, 0.3) is 5.69 Å². The minimum absolute atomic E-state index is 0.178. The van der Waals surface area contributed by atoms with Gasteiger partial charge in [0.2, 0.25) is 5.95 Å². The molecule has 1 amide bonds. The quantitative estimate of drug-likeness (QED) is 0.726. The van der Waals surface area contributed by atoms with Crippen molar-refractivity contribution in [2.75, 3.05) is 26.1 Å². The van der Waals surface area contributed by atoms with Gasteiger partial charge >= 0.3 is 6.01 Å². The summed E-state index contributed by atoms with van der Waals surface area (Å²) in [5.41, 5.74) is 1.55. The third-order valence-electron chi connectivity index (χ3n) is 3.67. The number of carbonyl (C=O) groups is 1. The maximum Gasteiger partial charge on any atom is 0.321 e. The molecular weight excluding hydrogens is 332 g/mol. The molecule has 0 aliphatic carbocycles. The molecule has 3 aromatic rings. The van der Waals surface area contributed by atoms with E-state index in [0.717, 1.165) is 5.69 Å². The van der Waals surface area contributed by atoms with Crippen LogP contribution in [0.1, 0.15) is 16.2 Å². The van der Waals surface area contributed by atoms with Gasteiger partial charge in [0.05, 0.1) is 13.7 Å². The number of anilines is 1. The predicted octanol–water partition coefficient (Wildman–Crippen LogP) is 1.67. The molecule has 26 heavy (non-hydrogen) atoms. The maximum atomic E-state index is 12.4. The number of hydrogen-bond acceptors (Lipinski definition) is 6. The van der Waals surface area contributed by atoms with Crippen LogP contribution in [0.3, 0.4) is 0 Å². The van der Waals surface area contributed by atoms with E-state index in [0.29, 0.717) is 17.3 Å². The van der Waals surface area contributed by atoms with Gasteiger partial charge in [-0.1, -0.05) is 0 Å². The van der Waals surface area contributed by atoms with Crippen molar-refractivity contribution in [1.29, 1.82) is 0 Å². The number of nitrogens with zero attached hydrogens (tertiary/aromatic N) is 5. The van der Waals surface area contributed by atoms with Gasteiger partial charge in [0.1, 0.15) is 0 Å². The van der Waals surface area contributed by atoms with Gasteiger partial charge in [-0.05, 0) is 36.4 Å². The second kappa shape index (κ2) is 7.64. The Morgan fingerprint density at radius 2 is 1.81 bits per heavy atom. The number of methoxy groups -OCH3 is 1. The minimum Gasteiger partial charge on any atom is -0.467 e. The molecule has 8 nitrogen and oxygen atoms in total. The average Bonchev–Trinajstić information content (AvgIpc) is 3.20. The monoisotopic (exact) mass is 352 g/mol. The minimum atomic E-state index is -0.199. The molecule has 0 atom stereocenters. The van der Waals surface area contributed by atoms with Crippen LogP contribution in [0.15, 0.2) is 48.8 Å². The average molecular weight is 352 g/mol. The summed E-state index contributed by atoms with van der Waals surface area (Å²) in [4.78, 5) is 26.7. The van der Waals surface area contributed by atoms with Crippen molar-refractivity contribution in [3.05, 3.63) is 60.2 Å². The van der Waals surface area contributed by atoms with Crippen molar-refractivity contribution in [1.82, 2.24) is 24.8 Å². The summed E-state index contributed by atoms with van der Waals surface area (Å²) in [5.74, 6) is 0.699. The molecule has 2 heterocycles. The summed E-state index contributed by atoms with van der Waals surface area (Å²) in [6.45, 7) is 0.178. The number of nitrogens with one attached hydrogen (secondary N) is 1. The highest BCUT2D eigenvalue weighted by Crippen LogP contribution is 2.11. The normalized spacial score (nSPS) is 10.4. The van der Waals surface area contributed by atoms with Crippen molar-refractivity contribution in [2.24, 2.45) is 0 Å². The second-order valence-corrected chi connectivity index (χ2v) is 5.75. The van der Waals surface area contributed by atoms with Crippen LogP contribution in [0, 0.1) is 0 Å². The van der Waals surface area contributed by atoms with Gasteiger partial charge in [-0.3, -0.25) is 4.79 Å². The molecular formula is C18H20N6O2. The number of hydrogen-bond donors (Lipinski definition) is 1. The molecule has 8 heteroatoms. The highest BCUT2D eigenvalue weighted by Gasteiger charge is 2.11. The molecule has 0 saturated heterocycles. The molecule has 134 valence electrons. The number of rotatable bonds is 6. The predicted molar refractivity (Wildman–Crippen MR) is 97.6 cm³/mol. The fourth-order valence-corrected chi connectivity index (χ4v) is 2.31. The van der Waals surface area contributed by atoms with Crippen molar-refractivity contribution in [3.63, 3.8) is 0 Å². The Balaban J connectivity index is 1.68. The summed E-state index contributed by atoms with van der Waals surface area (Å²) >= 11 is 0. The van der Waals surface area contributed by atoms with Gasteiger partial charge in [-0.2, -0.15) is 15.0 Å². The topological polar surface area (TPSA) is 85.2 Å². The van der Waals surface area contributed by atoms with Crippen molar-refractivity contribution in [3.8, 4) is 11.7 Å². The smallest absolute Gasteiger partial charge is 0.321 e. The van der Waals surface area contributed by atoms with Gasteiger partial charge in [-0.25, -0.2) is 0 Å². The lowest BCUT2D eigenvalue weighted by Crippen LogP contribution is -2.25. The van der Waals surface area contributed by atoms with E-state index in [-0.39, 0.29) is 18.5 Å². The van der Waals surface area contributed by atoms with Crippen molar-refractivity contribution >= 4 is 11.9 Å². The van der Waals surface area contributed by atoms with Gasteiger partial charge < -0.3 is 19.5 Å². The molecule has 0 aliphatic rings. The lowest BCUT2D eigenvalue weighted by molar-refractivity contribution is 0.0949. The Morgan fingerprint density at radius 3 is 2.42 bits per heavy atom. The molecule has 0 saturated carbocycles. The third kappa shape index (κ3) is 3.97. The van der Waals surface area contributed by atoms with Crippen LogP contribution in [0.5, 0.6) is 6.01 Å². The van der Waals surface area contributed by atoms with Crippen LogP contribution in [0.4, 0.5) is 5.95 Å². The van der Waals surface area contributed by atoms with E-state index >= 15 is 0 Å². The molecule has 0 fully saturated rings. The first-order chi connectivity index (χ1) is 12.6. The fraction of sp³-hybridized carbons (Fsp3) is 0.222. The van der Waals surface area contributed by atoms with Crippen LogP contribution >= 0.6 is 0 Å². The first kappa shape index (κ1) is 17.4. The zero-order chi connectivity index (χ0) is 18.5. The lowest BCUT2D eigenvalue weighted by atomic mass is 10.2. The lowest BCUT2D eigenvalue weighted by Gasteiger charge is -2.12. The van der Waals surface area contributed by atoms with Gasteiger partial charge in [0, 0.05) is 37.7 Å². The molecule has 0 bridgehead atoms. The van der Waals surface area contributed by atoms with E-state index in [2.05, 4.69) is 20.3 Å². The zero-order valence-corrected chi connectivity index (χ0v) is 14.9. The fourth-order valence-electron chi connectivity index (χ4n) is 2.31.